The highest BCUT2D eigenvalue weighted by Gasteiger charge is 2.11. The zero-order chi connectivity index (χ0) is 13.8. The summed E-state index contributed by atoms with van der Waals surface area (Å²) in [6, 6.07) is 9.42. The number of aromatic nitrogens is 1. The Bertz CT molecular complexity index is 616. The lowest BCUT2D eigenvalue weighted by Crippen LogP contribution is -2.13. The molecule has 2 aromatic rings. The number of benzene rings is 1. The van der Waals surface area contributed by atoms with E-state index in [1.807, 2.05) is 31.4 Å². The molecule has 5 heteroatoms. The normalized spacial score (nSPS) is 10.3. The van der Waals surface area contributed by atoms with Crippen LogP contribution in [0.5, 0.6) is 0 Å². The maximum Gasteiger partial charge on any atom is 0.258 e. The number of halogens is 1. The third kappa shape index (κ3) is 3.48. The molecule has 0 radical (unpaired) electrons. The van der Waals surface area contributed by atoms with Gasteiger partial charge in [-0.3, -0.25) is 4.79 Å². The van der Waals surface area contributed by atoms with Crippen LogP contribution in [0.1, 0.15) is 15.9 Å². The molecule has 2 rings (SSSR count). The van der Waals surface area contributed by atoms with Crippen molar-refractivity contribution in [2.45, 2.75) is 11.9 Å². The van der Waals surface area contributed by atoms with Gasteiger partial charge in [0.2, 0.25) is 0 Å². The van der Waals surface area contributed by atoms with E-state index in [9.17, 15) is 4.79 Å². The fourth-order valence-electron chi connectivity index (χ4n) is 1.60. The number of rotatable bonds is 3. The van der Waals surface area contributed by atoms with Gasteiger partial charge in [0.15, 0.2) is 0 Å². The van der Waals surface area contributed by atoms with Crippen LogP contribution >= 0.6 is 34.4 Å². The number of pyridine rings is 1. The minimum atomic E-state index is -0.128. The summed E-state index contributed by atoms with van der Waals surface area (Å²) in [5.41, 5.74) is 2.60. The Hall–Kier alpha value is -1.08. The van der Waals surface area contributed by atoms with Crippen molar-refractivity contribution in [3.63, 3.8) is 0 Å². The van der Waals surface area contributed by atoms with E-state index in [0.29, 0.717) is 5.56 Å². The van der Waals surface area contributed by atoms with E-state index < -0.39 is 0 Å². The van der Waals surface area contributed by atoms with Crippen molar-refractivity contribution in [3.05, 3.63) is 51.2 Å². The number of hydrogen-bond donors (Lipinski definition) is 1. The number of nitrogens with zero attached hydrogens (tertiary/aromatic N) is 1. The highest BCUT2D eigenvalue weighted by Crippen LogP contribution is 2.20. The molecule has 1 N–H and O–H groups in total. The minimum absolute atomic E-state index is 0.128. The molecule has 3 nitrogen and oxygen atoms in total. The maximum absolute atomic E-state index is 12.2. The van der Waals surface area contributed by atoms with Gasteiger partial charge < -0.3 is 5.32 Å². The molecule has 1 heterocycles. The number of thioether (sulfide) groups is 1. The maximum atomic E-state index is 12.2. The molecule has 0 unspecified atom stereocenters. The van der Waals surface area contributed by atoms with Crippen LogP contribution in [-0.2, 0) is 0 Å². The van der Waals surface area contributed by atoms with Crippen LogP contribution in [0.25, 0.3) is 0 Å². The van der Waals surface area contributed by atoms with E-state index in [1.165, 1.54) is 17.3 Å². The summed E-state index contributed by atoms with van der Waals surface area (Å²) in [5, 5.41) is 3.64. The van der Waals surface area contributed by atoms with Crippen LogP contribution in [0.15, 0.2) is 41.6 Å². The number of carbonyl (C=O) groups excluding carboxylic acids is 1. The lowest BCUT2D eigenvalue weighted by atomic mass is 10.2. The summed E-state index contributed by atoms with van der Waals surface area (Å²) in [7, 11) is 0. The van der Waals surface area contributed by atoms with E-state index in [-0.39, 0.29) is 5.91 Å². The molecule has 1 amide bonds. The summed E-state index contributed by atoms with van der Waals surface area (Å²) >= 11 is 3.72. The van der Waals surface area contributed by atoms with Gasteiger partial charge in [-0.2, -0.15) is 0 Å². The number of anilines is 1. The Balaban J connectivity index is 2.23. The van der Waals surface area contributed by atoms with Gasteiger partial charge in [-0.1, -0.05) is 6.07 Å². The fraction of sp³-hybridized carbons (Fsp3) is 0.143. The fourth-order valence-corrected chi connectivity index (χ4v) is 2.66. The van der Waals surface area contributed by atoms with E-state index in [4.69, 9.17) is 0 Å². The van der Waals surface area contributed by atoms with Crippen LogP contribution < -0.4 is 5.32 Å². The van der Waals surface area contributed by atoms with E-state index in [1.54, 1.807) is 18.3 Å². The van der Waals surface area contributed by atoms with Crippen molar-refractivity contribution < 1.29 is 4.79 Å². The molecule has 0 aliphatic rings. The molecule has 0 spiro atoms. The second-order valence-corrected chi connectivity index (χ2v) is 5.94. The number of hydrogen-bond acceptors (Lipinski definition) is 3. The lowest BCUT2D eigenvalue weighted by molar-refractivity contribution is 0.102. The molecule has 1 aromatic heterocycles. The van der Waals surface area contributed by atoms with Gasteiger partial charge >= 0.3 is 0 Å². The van der Waals surface area contributed by atoms with Gasteiger partial charge in [0, 0.05) is 15.5 Å². The molecular weight excluding hydrogens is 371 g/mol. The molecule has 0 saturated heterocycles. The van der Waals surface area contributed by atoms with Crippen LogP contribution in [0, 0.1) is 10.5 Å². The summed E-state index contributed by atoms with van der Waals surface area (Å²) < 4.78 is 1.13. The second-order valence-electron chi connectivity index (χ2n) is 3.98. The van der Waals surface area contributed by atoms with Gasteiger partial charge in [0.05, 0.1) is 5.56 Å². The van der Waals surface area contributed by atoms with Crippen molar-refractivity contribution in [1.29, 1.82) is 0 Å². The minimum Gasteiger partial charge on any atom is -0.322 e. The first-order valence-electron chi connectivity index (χ1n) is 5.68. The molecule has 0 fully saturated rings. The number of nitrogens with one attached hydrogen (secondary N) is 1. The van der Waals surface area contributed by atoms with E-state index in [0.717, 1.165) is 14.3 Å². The van der Waals surface area contributed by atoms with Crippen molar-refractivity contribution in [2.24, 2.45) is 0 Å². The molecule has 0 aliphatic carbocycles. The summed E-state index contributed by atoms with van der Waals surface area (Å²) in [6.45, 7) is 2.04. The first kappa shape index (κ1) is 14.3. The number of amides is 1. The standard InChI is InChI=1S/C14H13IN2OS/c1-9-5-6-10(8-12(9)15)17-13(18)11-4-3-7-16-14(11)19-2/h3-8H,1-2H3,(H,17,18). The Labute approximate surface area is 130 Å². The third-order valence-electron chi connectivity index (χ3n) is 2.64. The zero-order valence-corrected chi connectivity index (χ0v) is 13.6. The average molecular weight is 384 g/mol. The highest BCUT2D eigenvalue weighted by atomic mass is 127. The van der Waals surface area contributed by atoms with Gasteiger partial charge in [-0.05, 0) is 65.6 Å². The smallest absolute Gasteiger partial charge is 0.258 e. The Kier molecular flexibility index (Phi) is 4.81. The van der Waals surface area contributed by atoms with E-state index >= 15 is 0 Å². The molecular formula is C14H13IN2OS. The van der Waals surface area contributed by atoms with Gasteiger partial charge in [0.25, 0.3) is 5.91 Å². The predicted molar refractivity (Wildman–Crippen MR) is 87.9 cm³/mol. The molecule has 0 saturated carbocycles. The highest BCUT2D eigenvalue weighted by molar-refractivity contribution is 14.1. The van der Waals surface area contributed by atoms with Crippen LogP contribution in [0.2, 0.25) is 0 Å². The monoisotopic (exact) mass is 384 g/mol. The molecule has 98 valence electrons. The Morgan fingerprint density at radius 1 is 1.37 bits per heavy atom. The summed E-state index contributed by atoms with van der Waals surface area (Å²) in [6.07, 6.45) is 3.60. The van der Waals surface area contributed by atoms with Gasteiger partial charge in [0.1, 0.15) is 5.03 Å². The van der Waals surface area contributed by atoms with Crippen LogP contribution in [0.3, 0.4) is 0 Å². The Morgan fingerprint density at radius 3 is 2.84 bits per heavy atom. The molecule has 1 aromatic carbocycles. The molecule has 0 aliphatic heterocycles. The van der Waals surface area contributed by atoms with Crippen LogP contribution in [-0.4, -0.2) is 17.1 Å². The zero-order valence-electron chi connectivity index (χ0n) is 10.6. The lowest BCUT2D eigenvalue weighted by Gasteiger charge is -2.09. The second kappa shape index (κ2) is 6.38. The van der Waals surface area contributed by atoms with Gasteiger partial charge in [-0.15, -0.1) is 11.8 Å². The molecule has 0 bridgehead atoms. The average Bonchev–Trinajstić information content (AvgIpc) is 2.43. The summed E-state index contributed by atoms with van der Waals surface area (Å²) in [5.74, 6) is -0.128. The quantitative estimate of drug-likeness (QED) is 0.643. The molecule has 19 heavy (non-hydrogen) atoms. The summed E-state index contributed by atoms with van der Waals surface area (Å²) in [4.78, 5) is 16.4. The van der Waals surface area contributed by atoms with Crippen LogP contribution in [0.4, 0.5) is 5.69 Å². The third-order valence-corrected chi connectivity index (χ3v) is 4.51. The van der Waals surface area contributed by atoms with Crippen molar-refractivity contribution >= 4 is 45.9 Å². The van der Waals surface area contributed by atoms with Gasteiger partial charge in [-0.25, -0.2) is 4.98 Å². The number of aryl methyl sites for hydroxylation is 1. The van der Waals surface area contributed by atoms with E-state index in [2.05, 4.69) is 32.9 Å². The van der Waals surface area contributed by atoms with Crippen molar-refractivity contribution in [1.82, 2.24) is 4.98 Å². The van der Waals surface area contributed by atoms with Crippen molar-refractivity contribution in [2.75, 3.05) is 11.6 Å². The SMILES string of the molecule is CSc1ncccc1C(=O)Nc1ccc(C)c(I)c1. The van der Waals surface area contributed by atoms with Crippen molar-refractivity contribution in [3.8, 4) is 0 Å². The first-order valence-corrected chi connectivity index (χ1v) is 7.98. The topological polar surface area (TPSA) is 42.0 Å². The predicted octanol–water partition coefficient (Wildman–Crippen LogP) is 3.97. The first-order chi connectivity index (χ1) is 9.11. The Morgan fingerprint density at radius 2 is 2.16 bits per heavy atom. The number of carbonyl (C=O) groups is 1. The largest absolute Gasteiger partial charge is 0.322 e. The molecule has 0 atom stereocenters.